The number of rotatable bonds is 5. The summed E-state index contributed by atoms with van der Waals surface area (Å²) in [6, 6.07) is 17.4. The lowest BCUT2D eigenvalue weighted by molar-refractivity contribution is 0.0596. The van der Waals surface area contributed by atoms with Gasteiger partial charge in [0.1, 0.15) is 17.9 Å². The standard InChI is InChI=1S/C22H21NO3/c1-15-9-11-17(12-10-15)18-7-4-8-20(21(18)22(24)25-3)26-14-19-16(2)6-5-13-23-19/h4-13H,14H2,1-3H3. The fourth-order valence-corrected chi connectivity index (χ4v) is 2.75. The zero-order chi connectivity index (χ0) is 18.5. The van der Waals surface area contributed by atoms with Crippen molar-refractivity contribution < 1.29 is 14.3 Å². The normalized spacial score (nSPS) is 10.4. The number of aryl methyl sites for hydroxylation is 2. The van der Waals surface area contributed by atoms with Crippen LogP contribution in [0.25, 0.3) is 11.1 Å². The summed E-state index contributed by atoms with van der Waals surface area (Å²) in [5, 5.41) is 0. The molecule has 0 bridgehead atoms. The summed E-state index contributed by atoms with van der Waals surface area (Å²) in [5.74, 6) is 0.0638. The summed E-state index contributed by atoms with van der Waals surface area (Å²) < 4.78 is 11.0. The predicted octanol–water partition coefficient (Wildman–Crippen LogP) is 4.73. The van der Waals surface area contributed by atoms with Crippen molar-refractivity contribution in [1.29, 1.82) is 0 Å². The van der Waals surface area contributed by atoms with Crippen molar-refractivity contribution in [2.75, 3.05) is 7.11 Å². The number of ether oxygens (including phenoxy) is 2. The topological polar surface area (TPSA) is 48.4 Å². The number of benzene rings is 2. The van der Waals surface area contributed by atoms with Crippen LogP contribution in [0.2, 0.25) is 0 Å². The Morgan fingerprint density at radius 3 is 2.46 bits per heavy atom. The van der Waals surface area contributed by atoms with Crippen molar-refractivity contribution in [1.82, 2.24) is 4.98 Å². The molecule has 0 aliphatic carbocycles. The molecule has 0 saturated carbocycles. The van der Waals surface area contributed by atoms with Crippen molar-refractivity contribution in [3.8, 4) is 16.9 Å². The van der Waals surface area contributed by atoms with Crippen molar-refractivity contribution >= 4 is 5.97 Å². The molecule has 0 aliphatic heterocycles. The maximum atomic E-state index is 12.5. The van der Waals surface area contributed by atoms with Crippen LogP contribution in [-0.4, -0.2) is 18.1 Å². The Morgan fingerprint density at radius 2 is 1.77 bits per heavy atom. The number of hydrogen-bond acceptors (Lipinski definition) is 4. The molecule has 1 heterocycles. The summed E-state index contributed by atoms with van der Waals surface area (Å²) in [7, 11) is 1.38. The van der Waals surface area contributed by atoms with Crippen LogP contribution in [0.4, 0.5) is 0 Å². The molecule has 4 heteroatoms. The average Bonchev–Trinajstić information content (AvgIpc) is 2.67. The summed E-state index contributed by atoms with van der Waals surface area (Å²) in [5.41, 5.74) is 5.19. The maximum Gasteiger partial charge on any atom is 0.342 e. The minimum Gasteiger partial charge on any atom is -0.486 e. The van der Waals surface area contributed by atoms with E-state index in [2.05, 4.69) is 4.98 Å². The Hall–Kier alpha value is -3.14. The van der Waals surface area contributed by atoms with Crippen LogP contribution in [0.3, 0.4) is 0 Å². The smallest absolute Gasteiger partial charge is 0.342 e. The first-order chi connectivity index (χ1) is 12.6. The second-order valence-corrected chi connectivity index (χ2v) is 6.09. The van der Waals surface area contributed by atoms with Gasteiger partial charge in [-0.05, 0) is 42.7 Å². The Kier molecular flexibility index (Phi) is 5.32. The lowest BCUT2D eigenvalue weighted by Crippen LogP contribution is -2.09. The number of aromatic nitrogens is 1. The van der Waals surface area contributed by atoms with E-state index in [-0.39, 0.29) is 6.61 Å². The molecule has 3 aromatic rings. The minimum absolute atomic E-state index is 0.286. The molecule has 2 aromatic carbocycles. The van der Waals surface area contributed by atoms with Crippen LogP contribution >= 0.6 is 0 Å². The number of hydrogen-bond donors (Lipinski definition) is 0. The van der Waals surface area contributed by atoms with Crippen molar-refractivity contribution in [2.45, 2.75) is 20.5 Å². The van der Waals surface area contributed by atoms with E-state index in [1.807, 2.05) is 62.4 Å². The molecule has 132 valence electrons. The first-order valence-electron chi connectivity index (χ1n) is 8.42. The highest BCUT2D eigenvalue weighted by molar-refractivity contribution is 6.00. The Morgan fingerprint density at radius 1 is 1.00 bits per heavy atom. The highest BCUT2D eigenvalue weighted by Gasteiger charge is 2.19. The molecule has 1 aromatic heterocycles. The molecule has 0 fully saturated rings. The average molecular weight is 347 g/mol. The molecule has 0 saturated heterocycles. The lowest BCUT2D eigenvalue weighted by Gasteiger charge is -2.15. The summed E-state index contributed by atoms with van der Waals surface area (Å²) >= 11 is 0. The highest BCUT2D eigenvalue weighted by atomic mass is 16.5. The van der Waals surface area contributed by atoms with Crippen molar-refractivity contribution in [2.24, 2.45) is 0 Å². The number of carbonyl (C=O) groups is 1. The molecule has 26 heavy (non-hydrogen) atoms. The van der Waals surface area contributed by atoms with E-state index in [4.69, 9.17) is 9.47 Å². The van der Waals surface area contributed by atoms with Crippen LogP contribution in [0.1, 0.15) is 27.2 Å². The molecule has 0 atom stereocenters. The van der Waals surface area contributed by atoms with E-state index in [9.17, 15) is 4.79 Å². The predicted molar refractivity (Wildman–Crippen MR) is 101 cm³/mol. The third-order valence-corrected chi connectivity index (χ3v) is 4.26. The largest absolute Gasteiger partial charge is 0.486 e. The third kappa shape index (κ3) is 3.75. The molecule has 0 amide bonds. The molecule has 0 spiro atoms. The summed E-state index contributed by atoms with van der Waals surface area (Å²) in [6.45, 7) is 4.30. The Balaban J connectivity index is 1.99. The van der Waals surface area contributed by atoms with E-state index in [0.717, 1.165) is 27.9 Å². The second-order valence-electron chi connectivity index (χ2n) is 6.09. The van der Waals surface area contributed by atoms with Gasteiger partial charge in [0.15, 0.2) is 0 Å². The highest BCUT2D eigenvalue weighted by Crippen LogP contribution is 2.32. The van der Waals surface area contributed by atoms with E-state index >= 15 is 0 Å². The Bertz CT molecular complexity index is 917. The molecular weight excluding hydrogens is 326 g/mol. The van der Waals surface area contributed by atoms with Gasteiger partial charge in [0.05, 0.1) is 12.8 Å². The summed E-state index contributed by atoms with van der Waals surface area (Å²) in [6.07, 6.45) is 1.73. The van der Waals surface area contributed by atoms with E-state index in [1.54, 1.807) is 12.3 Å². The van der Waals surface area contributed by atoms with Crippen LogP contribution in [0.15, 0.2) is 60.8 Å². The zero-order valence-electron chi connectivity index (χ0n) is 15.2. The number of esters is 1. The van der Waals surface area contributed by atoms with Gasteiger partial charge in [0.25, 0.3) is 0 Å². The maximum absolute atomic E-state index is 12.5. The Labute approximate surface area is 153 Å². The molecule has 0 N–H and O–H groups in total. The van der Waals surface area contributed by atoms with Crippen molar-refractivity contribution in [3.05, 3.63) is 83.2 Å². The molecule has 3 rings (SSSR count). The van der Waals surface area contributed by atoms with E-state index < -0.39 is 5.97 Å². The van der Waals surface area contributed by atoms with Gasteiger partial charge in [-0.1, -0.05) is 48.0 Å². The van der Waals surface area contributed by atoms with Gasteiger partial charge in [0, 0.05) is 6.20 Å². The zero-order valence-corrected chi connectivity index (χ0v) is 15.2. The van der Waals surface area contributed by atoms with Gasteiger partial charge in [-0.2, -0.15) is 0 Å². The van der Waals surface area contributed by atoms with Gasteiger partial charge in [-0.3, -0.25) is 4.98 Å². The summed E-state index contributed by atoms with van der Waals surface area (Å²) in [4.78, 5) is 16.8. The van der Waals surface area contributed by atoms with Crippen LogP contribution in [-0.2, 0) is 11.3 Å². The minimum atomic E-state index is -0.422. The number of methoxy groups -OCH3 is 1. The van der Waals surface area contributed by atoms with Crippen LogP contribution in [0.5, 0.6) is 5.75 Å². The third-order valence-electron chi connectivity index (χ3n) is 4.26. The van der Waals surface area contributed by atoms with Gasteiger partial charge < -0.3 is 9.47 Å². The monoisotopic (exact) mass is 347 g/mol. The van der Waals surface area contributed by atoms with Gasteiger partial charge in [0.2, 0.25) is 0 Å². The van der Waals surface area contributed by atoms with Crippen LogP contribution in [0, 0.1) is 13.8 Å². The van der Waals surface area contributed by atoms with Gasteiger partial charge >= 0.3 is 5.97 Å². The molecule has 0 aliphatic rings. The van der Waals surface area contributed by atoms with Gasteiger partial charge in [-0.15, -0.1) is 0 Å². The lowest BCUT2D eigenvalue weighted by atomic mass is 9.98. The SMILES string of the molecule is COC(=O)c1c(OCc2ncccc2C)cccc1-c1ccc(C)cc1. The van der Waals surface area contributed by atoms with Gasteiger partial charge in [-0.25, -0.2) is 4.79 Å². The number of carbonyl (C=O) groups excluding carboxylic acids is 1. The van der Waals surface area contributed by atoms with E-state index in [0.29, 0.717) is 11.3 Å². The first kappa shape index (κ1) is 17.7. The first-order valence-corrected chi connectivity index (χ1v) is 8.42. The fourth-order valence-electron chi connectivity index (χ4n) is 2.75. The number of pyridine rings is 1. The molecular formula is C22H21NO3. The van der Waals surface area contributed by atoms with Crippen molar-refractivity contribution in [3.63, 3.8) is 0 Å². The molecule has 0 unspecified atom stereocenters. The fraction of sp³-hybridized carbons (Fsp3) is 0.182. The number of nitrogens with zero attached hydrogens (tertiary/aromatic N) is 1. The van der Waals surface area contributed by atoms with E-state index in [1.165, 1.54) is 7.11 Å². The molecule has 4 nitrogen and oxygen atoms in total. The quantitative estimate of drug-likeness (QED) is 0.626. The molecule has 0 radical (unpaired) electrons. The second kappa shape index (κ2) is 7.83. The van der Waals surface area contributed by atoms with Crippen LogP contribution < -0.4 is 4.74 Å².